The number of H-pyrrole nitrogens is 1. The number of fused-ring (bicyclic) bond motifs is 1. The molecule has 32 heavy (non-hydrogen) atoms. The SMILES string of the molecule is CC(=O)Nc1ccc(NC(=O)[C@H]2CC(=O)Nc3nc(N4CCCC[C@H]4C)[nH]c(=O)c32)cc1. The zero-order valence-electron chi connectivity index (χ0n) is 18.0. The molecule has 2 aliphatic rings. The van der Waals surface area contributed by atoms with Gasteiger partial charge >= 0.3 is 0 Å². The number of aromatic nitrogens is 2. The van der Waals surface area contributed by atoms with Gasteiger partial charge in [0.05, 0.1) is 11.5 Å². The summed E-state index contributed by atoms with van der Waals surface area (Å²) in [6.07, 6.45) is 2.98. The fourth-order valence-electron chi connectivity index (χ4n) is 4.20. The normalized spacial score (nSPS) is 20.2. The third-order valence-corrected chi connectivity index (χ3v) is 5.80. The molecule has 0 aliphatic carbocycles. The number of amides is 3. The molecule has 1 fully saturated rings. The Morgan fingerprint density at radius 2 is 1.78 bits per heavy atom. The van der Waals surface area contributed by atoms with E-state index in [0.29, 0.717) is 17.3 Å². The van der Waals surface area contributed by atoms with Crippen LogP contribution in [-0.4, -0.2) is 40.3 Å². The summed E-state index contributed by atoms with van der Waals surface area (Å²) >= 11 is 0. The fourth-order valence-corrected chi connectivity index (χ4v) is 4.20. The molecule has 3 amide bonds. The first-order chi connectivity index (χ1) is 15.3. The van der Waals surface area contributed by atoms with Gasteiger partial charge in [-0.05, 0) is 50.5 Å². The molecule has 0 unspecified atom stereocenters. The number of piperidine rings is 1. The van der Waals surface area contributed by atoms with Crippen LogP contribution >= 0.6 is 0 Å². The molecule has 0 bridgehead atoms. The summed E-state index contributed by atoms with van der Waals surface area (Å²) in [7, 11) is 0. The molecule has 0 saturated carbocycles. The number of rotatable bonds is 4. The minimum atomic E-state index is -0.960. The second-order valence-corrected chi connectivity index (χ2v) is 8.24. The molecule has 1 aromatic heterocycles. The molecule has 4 N–H and O–H groups in total. The highest BCUT2D eigenvalue weighted by Crippen LogP contribution is 2.31. The first kappa shape index (κ1) is 21.5. The lowest BCUT2D eigenvalue weighted by molar-refractivity contribution is -0.123. The monoisotopic (exact) mass is 438 g/mol. The van der Waals surface area contributed by atoms with Gasteiger partial charge in [0.1, 0.15) is 5.82 Å². The summed E-state index contributed by atoms with van der Waals surface area (Å²) < 4.78 is 0. The third kappa shape index (κ3) is 4.48. The second kappa shape index (κ2) is 8.81. The van der Waals surface area contributed by atoms with E-state index in [9.17, 15) is 19.2 Å². The minimum Gasteiger partial charge on any atom is -0.340 e. The maximum absolute atomic E-state index is 13.0. The molecule has 10 heteroatoms. The van der Waals surface area contributed by atoms with Crippen LogP contribution in [0.5, 0.6) is 0 Å². The number of carbonyl (C=O) groups is 3. The topological polar surface area (TPSA) is 136 Å². The Labute approximate surface area is 184 Å². The van der Waals surface area contributed by atoms with Crippen molar-refractivity contribution in [3.05, 3.63) is 40.2 Å². The number of benzene rings is 1. The lowest BCUT2D eigenvalue weighted by Crippen LogP contribution is -2.41. The number of nitrogens with zero attached hydrogens (tertiary/aromatic N) is 2. The smallest absolute Gasteiger partial charge is 0.258 e. The predicted molar refractivity (Wildman–Crippen MR) is 121 cm³/mol. The largest absolute Gasteiger partial charge is 0.340 e. The summed E-state index contributed by atoms with van der Waals surface area (Å²) in [6, 6.07) is 6.80. The Bertz CT molecular complexity index is 1110. The standard InChI is InChI=1S/C22H26N6O4/c1-12-5-3-4-10-28(12)22-26-19-18(21(32)27-22)16(11-17(30)25-19)20(31)24-15-8-6-14(7-9-15)23-13(2)29/h6-9,12,16H,3-5,10-11H2,1-2H3,(H,23,29)(H,24,31)(H2,25,26,27,30,32)/t12-,16+/m1/s1. The molecule has 2 atom stereocenters. The molecule has 168 valence electrons. The van der Waals surface area contributed by atoms with Gasteiger partial charge in [-0.25, -0.2) is 0 Å². The minimum absolute atomic E-state index is 0.138. The van der Waals surface area contributed by atoms with Crippen molar-refractivity contribution >= 4 is 40.9 Å². The van der Waals surface area contributed by atoms with Crippen LogP contribution in [0.15, 0.2) is 29.1 Å². The summed E-state index contributed by atoms with van der Waals surface area (Å²) in [5.41, 5.74) is 0.812. The van der Waals surface area contributed by atoms with E-state index in [0.717, 1.165) is 25.8 Å². The molecular formula is C22H26N6O4. The number of carbonyl (C=O) groups excluding carboxylic acids is 3. The van der Waals surface area contributed by atoms with Crippen LogP contribution < -0.4 is 26.4 Å². The van der Waals surface area contributed by atoms with E-state index < -0.39 is 17.4 Å². The molecule has 0 radical (unpaired) electrons. The zero-order chi connectivity index (χ0) is 22.8. The average molecular weight is 438 g/mol. The van der Waals surface area contributed by atoms with E-state index in [1.54, 1.807) is 24.3 Å². The molecule has 2 aromatic rings. The van der Waals surface area contributed by atoms with Gasteiger partial charge in [0.2, 0.25) is 23.7 Å². The van der Waals surface area contributed by atoms with E-state index in [4.69, 9.17) is 0 Å². The Kier molecular flexibility index (Phi) is 5.93. The molecule has 1 saturated heterocycles. The summed E-state index contributed by atoms with van der Waals surface area (Å²) in [4.78, 5) is 58.7. The Balaban J connectivity index is 1.58. The maximum Gasteiger partial charge on any atom is 0.258 e. The van der Waals surface area contributed by atoms with Crippen LogP contribution in [0.4, 0.5) is 23.1 Å². The quantitative estimate of drug-likeness (QED) is 0.578. The van der Waals surface area contributed by atoms with Crippen molar-refractivity contribution in [3.8, 4) is 0 Å². The van der Waals surface area contributed by atoms with Crippen molar-refractivity contribution in [2.75, 3.05) is 27.4 Å². The van der Waals surface area contributed by atoms with Gasteiger partial charge in [0.15, 0.2) is 0 Å². The molecule has 4 rings (SSSR count). The van der Waals surface area contributed by atoms with Crippen LogP contribution in [0.3, 0.4) is 0 Å². The summed E-state index contributed by atoms with van der Waals surface area (Å²) in [5, 5.41) is 8.04. The highest BCUT2D eigenvalue weighted by molar-refractivity contribution is 6.04. The predicted octanol–water partition coefficient (Wildman–Crippen LogP) is 2.17. The van der Waals surface area contributed by atoms with Crippen molar-refractivity contribution in [2.45, 2.75) is 51.5 Å². The second-order valence-electron chi connectivity index (χ2n) is 8.24. The lowest BCUT2D eigenvalue weighted by Gasteiger charge is -2.34. The van der Waals surface area contributed by atoms with E-state index in [1.807, 2.05) is 4.90 Å². The van der Waals surface area contributed by atoms with Gasteiger partial charge in [-0.3, -0.25) is 24.2 Å². The number of anilines is 4. The Morgan fingerprint density at radius 1 is 1.09 bits per heavy atom. The fraction of sp³-hybridized carbons (Fsp3) is 0.409. The summed E-state index contributed by atoms with van der Waals surface area (Å²) in [6.45, 7) is 4.25. The lowest BCUT2D eigenvalue weighted by atomic mass is 9.92. The Morgan fingerprint density at radius 3 is 2.44 bits per heavy atom. The average Bonchev–Trinajstić information content (AvgIpc) is 2.74. The number of hydrogen-bond donors (Lipinski definition) is 4. The van der Waals surface area contributed by atoms with E-state index in [2.05, 4.69) is 32.8 Å². The zero-order valence-corrected chi connectivity index (χ0v) is 18.0. The van der Waals surface area contributed by atoms with E-state index >= 15 is 0 Å². The van der Waals surface area contributed by atoms with Crippen molar-refractivity contribution < 1.29 is 14.4 Å². The van der Waals surface area contributed by atoms with Gasteiger partial charge in [-0.2, -0.15) is 4.98 Å². The van der Waals surface area contributed by atoms with Crippen LogP contribution in [0.1, 0.15) is 51.0 Å². The van der Waals surface area contributed by atoms with Crippen molar-refractivity contribution in [3.63, 3.8) is 0 Å². The van der Waals surface area contributed by atoms with Crippen LogP contribution in [0.2, 0.25) is 0 Å². The van der Waals surface area contributed by atoms with E-state index in [1.165, 1.54) is 6.92 Å². The molecule has 10 nitrogen and oxygen atoms in total. The van der Waals surface area contributed by atoms with Crippen molar-refractivity contribution in [2.24, 2.45) is 0 Å². The van der Waals surface area contributed by atoms with Gasteiger partial charge in [-0.15, -0.1) is 0 Å². The van der Waals surface area contributed by atoms with Crippen molar-refractivity contribution in [1.29, 1.82) is 0 Å². The van der Waals surface area contributed by atoms with Crippen molar-refractivity contribution in [1.82, 2.24) is 9.97 Å². The van der Waals surface area contributed by atoms with Gasteiger partial charge in [0.25, 0.3) is 5.56 Å². The van der Waals surface area contributed by atoms with Gasteiger partial charge < -0.3 is 20.9 Å². The summed E-state index contributed by atoms with van der Waals surface area (Å²) in [5.74, 6) is -1.45. The van der Waals surface area contributed by atoms with Gasteiger partial charge in [0, 0.05) is 37.3 Å². The third-order valence-electron chi connectivity index (χ3n) is 5.80. The van der Waals surface area contributed by atoms with Crippen LogP contribution in [-0.2, 0) is 14.4 Å². The highest BCUT2D eigenvalue weighted by Gasteiger charge is 2.35. The molecular weight excluding hydrogens is 412 g/mol. The molecule has 3 heterocycles. The maximum atomic E-state index is 13.0. The van der Waals surface area contributed by atoms with Gasteiger partial charge in [-0.1, -0.05) is 0 Å². The van der Waals surface area contributed by atoms with Crippen LogP contribution in [0, 0.1) is 0 Å². The molecule has 0 spiro atoms. The first-order valence-electron chi connectivity index (χ1n) is 10.7. The molecule has 1 aromatic carbocycles. The highest BCUT2D eigenvalue weighted by atomic mass is 16.2. The molecule has 2 aliphatic heterocycles. The Hall–Kier alpha value is -3.69. The number of hydrogen-bond acceptors (Lipinski definition) is 6. The van der Waals surface area contributed by atoms with Crippen LogP contribution in [0.25, 0.3) is 0 Å². The number of aromatic amines is 1. The first-order valence-corrected chi connectivity index (χ1v) is 10.7. The van der Waals surface area contributed by atoms with E-state index in [-0.39, 0.29) is 35.7 Å². The number of nitrogens with one attached hydrogen (secondary N) is 4.